The van der Waals surface area contributed by atoms with Crippen LogP contribution in [0.2, 0.25) is 0 Å². The van der Waals surface area contributed by atoms with Crippen LogP contribution in [0.25, 0.3) is 44.5 Å². The SMILES string of the molecule is c1ccc(-c2ccc(N(c3ccccc3)c3cc(-c4ccccc4)cc(-c4ccc5c(c4)C4(c6ccccc6-c6ccccc64)c4cccc6c4N5c4ccccc4O6)c3)cc2)cc1. The number of anilines is 6. The maximum absolute atomic E-state index is 6.76. The van der Waals surface area contributed by atoms with Crippen molar-refractivity contribution in [3.8, 4) is 56.0 Å². The van der Waals surface area contributed by atoms with Crippen LogP contribution in [0.4, 0.5) is 34.1 Å². The molecule has 0 N–H and O–H groups in total. The van der Waals surface area contributed by atoms with E-state index in [2.05, 4.69) is 252 Å². The standard InChI is InChI=1S/C61H40N2O/c1-4-17-41(18-5-1)43-31-34-48(35-32-43)62(47-21-8-3-9-22-47)49-38-45(42-19-6-2-7-20-42)37-46(39-49)44-33-36-56-55(40-44)61(52-25-12-10-23-50(52)51-24-11-13-26-53(51)61)54-27-16-30-59-60(54)63(56)57-28-14-15-29-58(57)64-59/h1-40H. The summed E-state index contributed by atoms with van der Waals surface area (Å²) in [6, 6.07) is 88.3. The van der Waals surface area contributed by atoms with Gasteiger partial charge in [0, 0.05) is 17.1 Å². The molecule has 0 aromatic heterocycles. The number of fused-ring (bicyclic) bond motifs is 11. The summed E-state index contributed by atoms with van der Waals surface area (Å²) in [7, 11) is 0. The molecule has 0 atom stereocenters. The van der Waals surface area contributed by atoms with Crippen LogP contribution in [0.5, 0.6) is 11.5 Å². The van der Waals surface area contributed by atoms with Gasteiger partial charge in [0.15, 0.2) is 11.5 Å². The summed E-state index contributed by atoms with van der Waals surface area (Å²) in [5.41, 5.74) is 20.5. The van der Waals surface area contributed by atoms with Gasteiger partial charge in [-0.05, 0) is 140 Å². The first kappa shape index (κ1) is 36.3. The third kappa shape index (κ3) is 5.41. The average molecular weight is 817 g/mol. The Morgan fingerprint density at radius 1 is 0.312 bits per heavy atom. The highest BCUT2D eigenvalue weighted by molar-refractivity contribution is 6.00. The zero-order valence-electron chi connectivity index (χ0n) is 34.9. The van der Waals surface area contributed by atoms with Crippen molar-refractivity contribution < 1.29 is 4.74 Å². The van der Waals surface area contributed by atoms with E-state index in [1.807, 2.05) is 0 Å². The van der Waals surface area contributed by atoms with E-state index in [1.165, 1.54) is 44.5 Å². The molecule has 3 aliphatic rings. The Labute approximate surface area is 373 Å². The molecule has 2 heterocycles. The minimum Gasteiger partial charge on any atom is -0.453 e. The van der Waals surface area contributed by atoms with E-state index in [4.69, 9.17) is 4.74 Å². The number of hydrogen-bond donors (Lipinski definition) is 0. The summed E-state index contributed by atoms with van der Waals surface area (Å²) in [6.45, 7) is 0. The first-order chi connectivity index (χ1) is 31.7. The van der Waals surface area contributed by atoms with Gasteiger partial charge in [-0.25, -0.2) is 0 Å². The third-order valence-corrected chi connectivity index (χ3v) is 13.4. The lowest BCUT2D eigenvalue weighted by molar-refractivity contribution is 0.473. The molecular formula is C61H40N2O. The third-order valence-electron chi connectivity index (χ3n) is 13.4. The van der Waals surface area contributed by atoms with Crippen LogP contribution in [-0.4, -0.2) is 0 Å². The number of para-hydroxylation sites is 4. The van der Waals surface area contributed by atoms with Gasteiger partial charge in [-0.15, -0.1) is 0 Å². The maximum atomic E-state index is 6.76. The molecule has 13 rings (SSSR count). The molecule has 0 radical (unpaired) electrons. The monoisotopic (exact) mass is 816 g/mol. The molecule has 10 aromatic carbocycles. The number of nitrogens with zero attached hydrogens (tertiary/aromatic N) is 2. The average Bonchev–Trinajstić information content (AvgIpc) is 3.66. The molecule has 0 saturated heterocycles. The molecule has 0 saturated carbocycles. The van der Waals surface area contributed by atoms with Gasteiger partial charge in [0.05, 0.1) is 22.5 Å². The van der Waals surface area contributed by atoms with Gasteiger partial charge in [-0.3, -0.25) is 0 Å². The largest absolute Gasteiger partial charge is 0.453 e. The van der Waals surface area contributed by atoms with Gasteiger partial charge < -0.3 is 14.5 Å². The van der Waals surface area contributed by atoms with E-state index in [0.717, 1.165) is 67.9 Å². The molecule has 10 aromatic rings. The Balaban J connectivity index is 1.07. The number of hydrogen-bond acceptors (Lipinski definition) is 3. The molecule has 2 aliphatic heterocycles. The fourth-order valence-electron chi connectivity index (χ4n) is 10.7. The van der Waals surface area contributed by atoms with E-state index in [0.29, 0.717) is 0 Å². The maximum Gasteiger partial charge on any atom is 0.151 e. The van der Waals surface area contributed by atoms with Gasteiger partial charge in [0.2, 0.25) is 0 Å². The fraction of sp³-hybridized carbons (Fsp3) is 0.0164. The van der Waals surface area contributed by atoms with Crippen LogP contribution in [0, 0.1) is 0 Å². The summed E-state index contributed by atoms with van der Waals surface area (Å²) in [5, 5.41) is 0. The fourth-order valence-corrected chi connectivity index (χ4v) is 10.7. The predicted octanol–water partition coefficient (Wildman–Crippen LogP) is 16.4. The number of ether oxygens (including phenoxy) is 1. The van der Waals surface area contributed by atoms with Crippen molar-refractivity contribution >= 4 is 34.1 Å². The summed E-state index contributed by atoms with van der Waals surface area (Å²) < 4.78 is 6.76. The Morgan fingerprint density at radius 2 is 0.828 bits per heavy atom. The zero-order chi connectivity index (χ0) is 42.2. The minimum atomic E-state index is -0.605. The van der Waals surface area contributed by atoms with Crippen LogP contribution in [0.15, 0.2) is 243 Å². The highest BCUT2D eigenvalue weighted by Crippen LogP contribution is 2.67. The van der Waals surface area contributed by atoms with Crippen LogP contribution >= 0.6 is 0 Å². The molecule has 1 aliphatic carbocycles. The molecule has 300 valence electrons. The number of rotatable bonds is 6. The highest BCUT2D eigenvalue weighted by atomic mass is 16.5. The summed E-state index contributed by atoms with van der Waals surface area (Å²) in [5.74, 6) is 1.72. The second kappa shape index (κ2) is 14.3. The second-order valence-electron chi connectivity index (χ2n) is 16.8. The van der Waals surface area contributed by atoms with Gasteiger partial charge in [-0.2, -0.15) is 0 Å². The van der Waals surface area contributed by atoms with Gasteiger partial charge >= 0.3 is 0 Å². The van der Waals surface area contributed by atoms with E-state index in [9.17, 15) is 0 Å². The van der Waals surface area contributed by atoms with Crippen LogP contribution in [0.3, 0.4) is 0 Å². The highest BCUT2D eigenvalue weighted by Gasteiger charge is 2.53. The lowest BCUT2D eigenvalue weighted by Crippen LogP contribution is -2.37. The summed E-state index contributed by atoms with van der Waals surface area (Å²) in [6.07, 6.45) is 0. The van der Waals surface area contributed by atoms with Crippen molar-refractivity contribution in [1.29, 1.82) is 0 Å². The van der Waals surface area contributed by atoms with E-state index in [1.54, 1.807) is 0 Å². The van der Waals surface area contributed by atoms with Crippen LogP contribution < -0.4 is 14.5 Å². The zero-order valence-corrected chi connectivity index (χ0v) is 34.9. The van der Waals surface area contributed by atoms with Crippen molar-refractivity contribution in [3.05, 3.63) is 265 Å². The molecule has 0 fully saturated rings. The van der Waals surface area contributed by atoms with Crippen molar-refractivity contribution in [3.63, 3.8) is 0 Å². The molecule has 0 bridgehead atoms. The van der Waals surface area contributed by atoms with E-state index < -0.39 is 5.41 Å². The quantitative estimate of drug-likeness (QED) is 0.166. The Bertz CT molecular complexity index is 3370. The molecule has 3 heteroatoms. The first-order valence-corrected chi connectivity index (χ1v) is 22.0. The summed E-state index contributed by atoms with van der Waals surface area (Å²) >= 11 is 0. The van der Waals surface area contributed by atoms with Crippen LogP contribution in [-0.2, 0) is 5.41 Å². The lowest BCUT2D eigenvalue weighted by Gasteiger charge is -2.47. The Kier molecular flexibility index (Phi) is 8.13. The van der Waals surface area contributed by atoms with Gasteiger partial charge in [0.25, 0.3) is 0 Å². The van der Waals surface area contributed by atoms with E-state index in [-0.39, 0.29) is 0 Å². The van der Waals surface area contributed by atoms with Gasteiger partial charge in [-0.1, -0.05) is 170 Å². The smallest absolute Gasteiger partial charge is 0.151 e. The topological polar surface area (TPSA) is 15.7 Å². The molecule has 1 spiro atoms. The first-order valence-electron chi connectivity index (χ1n) is 22.0. The molecule has 0 amide bonds. The van der Waals surface area contributed by atoms with Crippen molar-refractivity contribution in [2.24, 2.45) is 0 Å². The van der Waals surface area contributed by atoms with E-state index >= 15 is 0 Å². The molecular weight excluding hydrogens is 777 g/mol. The van der Waals surface area contributed by atoms with Crippen molar-refractivity contribution in [2.45, 2.75) is 5.41 Å². The molecule has 64 heavy (non-hydrogen) atoms. The normalized spacial score (nSPS) is 13.2. The summed E-state index contributed by atoms with van der Waals surface area (Å²) in [4.78, 5) is 4.83. The Morgan fingerprint density at radius 3 is 1.53 bits per heavy atom. The van der Waals surface area contributed by atoms with Crippen molar-refractivity contribution in [2.75, 3.05) is 9.80 Å². The van der Waals surface area contributed by atoms with Crippen molar-refractivity contribution in [1.82, 2.24) is 0 Å². The molecule has 0 unspecified atom stereocenters. The minimum absolute atomic E-state index is 0.605. The van der Waals surface area contributed by atoms with Crippen LogP contribution in [0.1, 0.15) is 22.3 Å². The van der Waals surface area contributed by atoms with Gasteiger partial charge in [0.1, 0.15) is 0 Å². The second-order valence-corrected chi connectivity index (χ2v) is 16.8. The lowest BCUT2D eigenvalue weighted by atomic mass is 9.64. The molecule has 3 nitrogen and oxygen atoms in total. The predicted molar refractivity (Wildman–Crippen MR) is 263 cm³/mol. The Hall–Kier alpha value is -8.40. The number of benzene rings is 10.